The molecule has 6 nitrogen and oxygen atoms in total. The summed E-state index contributed by atoms with van der Waals surface area (Å²) < 4.78 is 0. The maximum Gasteiger partial charge on any atom is 0.323 e. The molecular weight excluding hydrogens is 238 g/mol. The lowest BCUT2D eigenvalue weighted by Crippen LogP contribution is -2.38. The van der Waals surface area contributed by atoms with Gasteiger partial charge in [0.1, 0.15) is 6.54 Å². The molecule has 1 aliphatic rings. The molecule has 0 aromatic heterocycles. The van der Waals surface area contributed by atoms with Crippen LogP contribution in [0.25, 0.3) is 0 Å². The van der Waals surface area contributed by atoms with Crippen LogP contribution < -0.4 is 0 Å². The van der Waals surface area contributed by atoms with Crippen LogP contribution in [0, 0.1) is 17.3 Å². The molecule has 6 heteroatoms. The van der Waals surface area contributed by atoms with E-state index < -0.39 is 29.2 Å². The highest BCUT2D eigenvalue weighted by Crippen LogP contribution is 2.59. The van der Waals surface area contributed by atoms with Crippen molar-refractivity contribution in [3.63, 3.8) is 0 Å². The van der Waals surface area contributed by atoms with E-state index in [0.29, 0.717) is 13.0 Å². The molecule has 2 N–H and O–H groups in total. The van der Waals surface area contributed by atoms with Gasteiger partial charge in [-0.3, -0.25) is 14.4 Å². The van der Waals surface area contributed by atoms with Crippen LogP contribution in [-0.4, -0.2) is 46.0 Å². The maximum atomic E-state index is 12.2. The zero-order chi connectivity index (χ0) is 14.1. The number of carbonyl (C=O) groups excluding carboxylic acids is 1. The number of aliphatic carboxylic acids is 2. The van der Waals surface area contributed by atoms with Crippen molar-refractivity contribution in [2.24, 2.45) is 17.3 Å². The summed E-state index contributed by atoms with van der Waals surface area (Å²) in [6.45, 7) is 5.25. The summed E-state index contributed by atoms with van der Waals surface area (Å²) in [5, 5.41) is 17.8. The Kier molecular flexibility index (Phi) is 3.98. The van der Waals surface area contributed by atoms with Gasteiger partial charge in [0.2, 0.25) is 5.91 Å². The Balaban J connectivity index is 2.79. The molecule has 2 atom stereocenters. The Hall–Kier alpha value is -1.59. The van der Waals surface area contributed by atoms with Gasteiger partial charge in [-0.05, 0) is 11.8 Å². The first-order valence-corrected chi connectivity index (χ1v) is 5.96. The third-order valence-electron chi connectivity index (χ3n) is 3.49. The lowest BCUT2D eigenvalue weighted by atomic mass is 10.1. The zero-order valence-electron chi connectivity index (χ0n) is 10.8. The highest BCUT2D eigenvalue weighted by molar-refractivity contribution is 5.93. The molecule has 0 bridgehead atoms. The van der Waals surface area contributed by atoms with Crippen LogP contribution >= 0.6 is 0 Å². The quantitative estimate of drug-likeness (QED) is 0.729. The van der Waals surface area contributed by atoms with Crippen molar-refractivity contribution >= 4 is 17.8 Å². The number of nitrogens with zero attached hydrogens (tertiary/aromatic N) is 1. The summed E-state index contributed by atoms with van der Waals surface area (Å²) in [6, 6.07) is 0. The van der Waals surface area contributed by atoms with Crippen molar-refractivity contribution in [2.75, 3.05) is 13.1 Å². The highest BCUT2D eigenvalue weighted by Gasteiger charge is 2.66. The standard InChI is InChI=1S/C12H19NO5/c1-4-5-13(6-7(14)15)10(16)8-9(11(17)18)12(8,2)3/h8-9H,4-6H2,1-3H3,(H,14,15)(H,17,18)/t8-,9+/m0/s1. The van der Waals surface area contributed by atoms with Crippen molar-refractivity contribution in [3.8, 4) is 0 Å². The predicted octanol–water partition coefficient (Wildman–Crippen LogP) is 0.666. The van der Waals surface area contributed by atoms with Crippen LogP contribution in [0.5, 0.6) is 0 Å². The van der Waals surface area contributed by atoms with Crippen LogP contribution in [0.3, 0.4) is 0 Å². The molecule has 0 unspecified atom stereocenters. The van der Waals surface area contributed by atoms with Gasteiger partial charge in [-0.2, -0.15) is 0 Å². The molecule has 0 aliphatic heterocycles. The van der Waals surface area contributed by atoms with Crippen molar-refractivity contribution in [2.45, 2.75) is 27.2 Å². The summed E-state index contributed by atoms with van der Waals surface area (Å²) >= 11 is 0. The number of carboxylic acid groups (broad SMARTS) is 2. The Morgan fingerprint density at radius 2 is 1.72 bits per heavy atom. The normalized spacial score (nSPS) is 24.4. The molecule has 102 valence electrons. The maximum absolute atomic E-state index is 12.2. The number of amides is 1. The smallest absolute Gasteiger partial charge is 0.323 e. The molecule has 0 aromatic rings. The highest BCUT2D eigenvalue weighted by atomic mass is 16.4. The number of hydrogen-bond donors (Lipinski definition) is 2. The summed E-state index contributed by atoms with van der Waals surface area (Å²) in [7, 11) is 0. The molecule has 0 radical (unpaired) electrons. The zero-order valence-corrected chi connectivity index (χ0v) is 10.8. The van der Waals surface area contributed by atoms with Crippen molar-refractivity contribution in [3.05, 3.63) is 0 Å². The molecule has 0 heterocycles. The van der Waals surface area contributed by atoms with Gasteiger partial charge in [0.25, 0.3) is 0 Å². The van der Waals surface area contributed by atoms with Gasteiger partial charge in [-0.1, -0.05) is 20.8 Å². The fourth-order valence-electron chi connectivity index (χ4n) is 2.46. The average molecular weight is 257 g/mol. The van der Waals surface area contributed by atoms with Crippen LogP contribution in [0.4, 0.5) is 0 Å². The third kappa shape index (κ3) is 2.63. The Morgan fingerprint density at radius 1 is 1.17 bits per heavy atom. The number of carboxylic acids is 2. The van der Waals surface area contributed by atoms with Gasteiger partial charge in [0, 0.05) is 6.54 Å². The number of carbonyl (C=O) groups is 3. The van der Waals surface area contributed by atoms with Crippen LogP contribution in [0.1, 0.15) is 27.2 Å². The second-order valence-corrected chi connectivity index (χ2v) is 5.27. The molecule has 0 saturated heterocycles. The second kappa shape index (κ2) is 4.96. The SMILES string of the molecule is CCCN(CC(=O)O)C(=O)[C@@H]1[C@H](C(=O)O)C1(C)C. The Bertz CT molecular complexity index is 377. The van der Waals surface area contributed by atoms with E-state index in [2.05, 4.69) is 0 Å². The van der Waals surface area contributed by atoms with E-state index in [1.165, 1.54) is 4.90 Å². The summed E-state index contributed by atoms with van der Waals surface area (Å²) in [6.07, 6.45) is 0.643. The van der Waals surface area contributed by atoms with E-state index in [-0.39, 0.29) is 12.5 Å². The summed E-state index contributed by atoms with van der Waals surface area (Å²) in [5.74, 6) is -3.76. The fourth-order valence-corrected chi connectivity index (χ4v) is 2.46. The first kappa shape index (κ1) is 14.5. The molecule has 1 fully saturated rings. The van der Waals surface area contributed by atoms with Gasteiger partial charge in [0.05, 0.1) is 11.8 Å². The first-order valence-electron chi connectivity index (χ1n) is 5.96. The van der Waals surface area contributed by atoms with E-state index in [4.69, 9.17) is 10.2 Å². The van der Waals surface area contributed by atoms with Crippen LogP contribution in [0.2, 0.25) is 0 Å². The lowest BCUT2D eigenvalue weighted by Gasteiger charge is -2.20. The molecule has 0 aromatic carbocycles. The Morgan fingerprint density at radius 3 is 2.06 bits per heavy atom. The minimum Gasteiger partial charge on any atom is -0.481 e. The minimum absolute atomic E-state index is 0.337. The fraction of sp³-hybridized carbons (Fsp3) is 0.750. The van der Waals surface area contributed by atoms with E-state index >= 15 is 0 Å². The molecule has 0 spiro atoms. The van der Waals surface area contributed by atoms with Gasteiger partial charge >= 0.3 is 11.9 Å². The topological polar surface area (TPSA) is 94.9 Å². The monoisotopic (exact) mass is 257 g/mol. The first-order chi connectivity index (χ1) is 8.23. The lowest BCUT2D eigenvalue weighted by molar-refractivity contribution is -0.146. The number of rotatable bonds is 6. The van der Waals surface area contributed by atoms with Crippen molar-refractivity contribution in [1.82, 2.24) is 4.90 Å². The molecular formula is C12H19NO5. The number of hydrogen-bond acceptors (Lipinski definition) is 3. The van der Waals surface area contributed by atoms with Crippen LogP contribution in [0.15, 0.2) is 0 Å². The van der Waals surface area contributed by atoms with E-state index in [1.54, 1.807) is 13.8 Å². The summed E-state index contributed by atoms with van der Waals surface area (Å²) in [5.41, 5.74) is -0.590. The van der Waals surface area contributed by atoms with Crippen molar-refractivity contribution < 1.29 is 24.6 Å². The second-order valence-electron chi connectivity index (χ2n) is 5.27. The Labute approximate surface area is 106 Å². The molecule has 18 heavy (non-hydrogen) atoms. The molecule has 1 amide bonds. The van der Waals surface area contributed by atoms with E-state index in [9.17, 15) is 14.4 Å². The molecule has 1 rings (SSSR count). The largest absolute Gasteiger partial charge is 0.481 e. The summed E-state index contributed by atoms with van der Waals surface area (Å²) in [4.78, 5) is 35.1. The van der Waals surface area contributed by atoms with Crippen LogP contribution in [-0.2, 0) is 14.4 Å². The van der Waals surface area contributed by atoms with Gasteiger partial charge in [0.15, 0.2) is 0 Å². The third-order valence-corrected chi connectivity index (χ3v) is 3.49. The predicted molar refractivity (Wildman–Crippen MR) is 62.9 cm³/mol. The molecule has 1 saturated carbocycles. The van der Waals surface area contributed by atoms with Gasteiger partial charge in [-0.15, -0.1) is 0 Å². The molecule has 1 aliphatic carbocycles. The average Bonchev–Trinajstić information content (AvgIpc) is 2.79. The van der Waals surface area contributed by atoms with Crippen molar-refractivity contribution in [1.29, 1.82) is 0 Å². The minimum atomic E-state index is -1.08. The van der Waals surface area contributed by atoms with E-state index in [0.717, 1.165) is 0 Å². The van der Waals surface area contributed by atoms with E-state index in [1.807, 2.05) is 6.92 Å². The van der Waals surface area contributed by atoms with Gasteiger partial charge < -0.3 is 15.1 Å². The van der Waals surface area contributed by atoms with Gasteiger partial charge in [-0.25, -0.2) is 0 Å².